The second kappa shape index (κ2) is 9.05. The minimum absolute atomic E-state index is 0.0618. The summed E-state index contributed by atoms with van der Waals surface area (Å²) in [5, 5.41) is 2.62. The molecule has 1 aromatic carbocycles. The van der Waals surface area contributed by atoms with E-state index in [4.69, 9.17) is 0 Å². The molecule has 8 heteroatoms. The summed E-state index contributed by atoms with van der Waals surface area (Å²) in [5.74, 6) is 0.235. The van der Waals surface area contributed by atoms with Gasteiger partial charge in [-0.3, -0.25) is 9.59 Å². The van der Waals surface area contributed by atoms with Crippen molar-refractivity contribution in [2.45, 2.75) is 43.9 Å². The topological polar surface area (TPSA) is 86.8 Å². The van der Waals surface area contributed by atoms with Crippen LogP contribution in [0.1, 0.15) is 49.4 Å². The summed E-state index contributed by atoms with van der Waals surface area (Å²) in [5.41, 5.74) is 0.386. The number of hydrogen-bond donors (Lipinski definition) is 1. The summed E-state index contributed by atoms with van der Waals surface area (Å²) in [6, 6.07) is 6.19. The Kier molecular flexibility index (Phi) is 6.72. The van der Waals surface area contributed by atoms with E-state index in [0.29, 0.717) is 31.1 Å². The van der Waals surface area contributed by atoms with Crippen molar-refractivity contribution in [3.8, 4) is 0 Å². The van der Waals surface area contributed by atoms with Crippen LogP contribution >= 0.6 is 0 Å². The molecule has 0 spiro atoms. The Balaban J connectivity index is 1.75. The van der Waals surface area contributed by atoms with Gasteiger partial charge in [0.1, 0.15) is 0 Å². The van der Waals surface area contributed by atoms with Gasteiger partial charge in [-0.05, 0) is 43.4 Å². The SMILES string of the molecule is CCCC1CCCN(C(=O)c2cccc(S(=O)(=O)N3CCNC(=O)C3)c2)CC1. The van der Waals surface area contributed by atoms with Gasteiger partial charge in [0, 0.05) is 31.7 Å². The Morgan fingerprint density at radius 3 is 2.79 bits per heavy atom. The van der Waals surface area contributed by atoms with E-state index in [1.54, 1.807) is 12.1 Å². The number of nitrogens with zero attached hydrogens (tertiary/aromatic N) is 2. The lowest BCUT2D eigenvalue weighted by molar-refractivity contribution is -0.122. The van der Waals surface area contributed by atoms with Crippen LogP contribution in [0.2, 0.25) is 0 Å². The zero-order valence-electron chi connectivity index (χ0n) is 16.4. The van der Waals surface area contributed by atoms with E-state index in [1.807, 2.05) is 4.90 Å². The smallest absolute Gasteiger partial charge is 0.253 e. The van der Waals surface area contributed by atoms with E-state index >= 15 is 0 Å². The summed E-state index contributed by atoms with van der Waals surface area (Å²) < 4.78 is 26.9. The molecule has 7 nitrogen and oxygen atoms in total. The van der Waals surface area contributed by atoms with Gasteiger partial charge in [0.15, 0.2) is 0 Å². The Morgan fingerprint density at radius 1 is 1.21 bits per heavy atom. The molecule has 0 radical (unpaired) electrons. The Hall–Kier alpha value is -1.93. The van der Waals surface area contributed by atoms with Crippen LogP contribution < -0.4 is 5.32 Å². The van der Waals surface area contributed by atoms with Crippen LogP contribution in [0.5, 0.6) is 0 Å². The quantitative estimate of drug-likeness (QED) is 0.807. The molecule has 0 aromatic heterocycles. The molecule has 2 aliphatic heterocycles. The van der Waals surface area contributed by atoms with Gasteiger partial charge < -0.3 is 10.2 Å². The minimum atomic E-state index is -3.80. The highest BCUT2D eigenvalue weighted by atomic mass is 32.2. The van der Waals surface area contributed by atoms with E-state index in [0.717, 1.165) is 30.0 Å². The van der Waals surface area contributed by atoms with Crippen LogP contribution in [0.3, 0.4) is 0 Å². The third-order valence-corrected chi connectivity index (χ3v) is 7.40. The lowest BCUT2D eigenvalue weighted by Gasteiger charge is -2.26. The average molecular weight is 408 g/mol. The number of hydrogen-bond acceptors (Lipinski definition) is 4. The van der Waals surface area contributed by atoms with Crippen LogP contribution in [0.4, 0.5) is 0 Å². The number of nitrogens with one attached hydrogen (secondary N) is 1. The molecule has 0 aliphatic carbocycles. The number of piperazine rings is 1. The number of sulfonamides is 1. The third kappa shape index (κ3) is 4.72. The first-order valence-electron chi connectivity index (χ1n) is 10.1. The van der Waals surface area contributed by atoms with Gasteiger partial charge in [-0.15, -0.1) is 0 Å². The zero-order valence-corrected chi connectivity index (χ0v) is 17.2. The number of carbonyl (C=O) groups excluding carboxylic acids is 2. The number of benzene rings is 1. The first kappa shape index (κ1) is 20.8. The second-order valence-corrected chi connectivity index (χ2v) is 9.53. The molecule has 1 unspecified atom stereocenters. The number of carbonyl (C=O) groups is 2. The lowest BCUT2D eigenvalue weighted by atomic mass is 9.96. The Bertz CT molecular complexity index is 824. The third-order valence-electron chi connectivity index (χ3n) is 5.55. The van der Waals surface area contributed by atoms with Gasteiger partial charge in [-0.25, -0.2) is 8.42 Å². The maximum atomic E-state index is 13.0. The average Bonchev–Trinajstić information content (AvgIpc) is 2.93. The van der Waals surface area contributed by atoms with Crippen molar-refractivity contribution in [2.75, 3.05) is 32.7 Å². The Morgan fingerprint density at radius 2 is 2.04 bits per heavy atom. The van der Waals surface area contributed by atoms with Gasteiger partial charge in [0.2, 0.25) is 15.9 Å². The summed E-state index contributed by atoms with van der Waals surface area (Å²) in [6.45, 7) is 3.95. The van der Waals surface area contributed by atoms with Gasteiger partial charge in [0.25, 0.3) is 5.91 Å². The van der Waals surface area contributed by atoms with Crippen molar-refractivity contribution in [1.82, 2.24) is 14.5 Å². The molecule has 2 saturated heterocycles. The molecule has 3 rings (SSSR count). The van der Waals surface area contributed by atoms with Crippen molar-refractivity contribution in [1.29, 1.82) is 0 Å². The maximum absolute atomic E-state index is 13.0. The molecule has 2 fully saturated rings. The van der Waals surface area contributed by atoms with Crippen molar-refractivity contribution in [2.24, 2.45) is 5.92 Å². The monoisotopic (exact) mass is 407 g/mol. The molecule has 1 atom stereocenters. The molecule has 154 valence electrons. The first-order valence-corrected chi connectivity index (χ1v) is 11.5. The lowest BCUT2D eigenvalue weighted by Crippen LogP contribution is -2.49. The van der Waals surface area contributed by atoms with Crippen molar-refractivity contribution >= 4 is 21.8 Å². The van der Waals surface area contributed by atoms with Crippen LogP contribution in [0.15, 0.2) is 29.2 Å². The largest absolute Gasteiger partial charge is 0.354 e. The highest BCUT2D eigenvalue weighted by Gasteiger charge is 2.30. The normalized spacial score (nSPS) is 21.8. The summed E-state index contributed by atoms with van der Waals surface area (Å²) in [6.07, 6.45) is 5.48. The first-order chi connectivity index (χ1) is 13.4. The summed E-state index contributed by atoms with van der Waals surface area (Å²) >= 11 is 0. The molecule has 2 amide bonds. The van der Waals surface area contributed by atoms with E-state index in [9.17, 15) is 18.0 Å². The van der Waals surface area contributed by atoms with Crippen LogP contribution in [-0.2, 0) is 14.8 Å². The van der Waals surface area contributed by atoms with E-state index < -0.39 is 10.0 Å². The Labute approximate surface area is 167 Å². The molecule has 1 aromatic rings. The summed E-state index contributed by atoms with van der Waals surface area (Å²) in [4.78, 5) is 26.4. The van der Waals surface area contributed by atoms with E-state index in [2.05, 4.69) is 12.2 Å². The number of likely N-dealkylation sites (tertiary alicyclic amines) is 1. The standard InChI is InChI=1S/C20H29N3O4S/c1-2-5-16-6-4-11-22(12-9-16)20(25)17-7-3-8-18(14-17)28(26,27)23-13-10-21-19(24)15-23/h3,7-8,14,16H,2,4-6,9-13,15H2,1H3,(H,21,24). The molecule has 0 bridgehead atoms. The molecular weight excluding hydrogens is 378 g/mol. The van der Waals surface area contributed by atoms with Gasteiger partial charge in [-0.2, -0.15) is 4.31 Å². The van der Waals surface area contributed by atoms with Gasteiger partial charge in [0.05, 0.1) is 11.4 Å². The predicted molar refractivity (Wildman–Crippen MR) is 106 cm³/mol. The molecular formula is C20H29N3O4S. The van der Waals surface area contributed by atoms with Crippen LogP contribution in [0.25, 0.3) is 0 Å². The maximum Gasteiger partial charge on any atom is 0.253 e. The number of rotatable bonds is 5. The van der Waals surface area contributed by atoms with Crippen molar-refractivity contribution < 1.29 is 18.0 Å². The van der Waals surface area contributed by atoms with Crippen LogP contribution in [-0.4, -0.2) is 62.2 Å². The van der Waals surface area contributed by atoms with E-state index in [1.165, 1.54) is 18.6 Å². The second-order valence-electron chi connectivity index (χ2n) is 7.59. The van der Waals surface area contributed by atoms with Gasteiger partial charge >= 0.3 is 0 Å². The molecule has 2 heterocycles. The zero-order chi connectivity index (χ0) is 20.1. The van der Waals surface area contributed by atoms with Crippen molar-refractivity contribution in [3.05, 3.63) is 29.8 Å². The summed E-state index contributed by atoms with van der Waals surface area (Å²) in [7, 11) is -3.80. The highest BCUT2D eigenvalue weighted by Crippen LogP contribution is 2.24. The number of amides is 2. The molecule has 0 saturated carbocycles. The predicted octanol–water partition coefficient (Wildman–Crippen LogP) is 1.85. The fraction of sp³-hybridized carbons (Fsp3) is 0.600. The molecule has 2 aliphatic rings. The highest BCUT2D eigenvalue weighted by molar-refractivity contribution is 7.89. The van der Waals surface area contributed by atoms with Gasteiger partial charge in [-0.1, -0.05) is 25.8 Å². The van der Waals surface area contributed by atoms with Crippen LogP contribution in [0, 0.1) is 5.92 Å². The van der Waals surface area contributed by atoms with E-state index in [-0.39, 0.29) is 29.8 Å². The fourth-order valence-corrected chi connectivity index (χ4v) is 5.45. The molecule has 28 heavy (non-hydrogen) atoms. The molecule has 1 N–H and O–H groups in total. The van der Waals surface area contributed by atoms with Crippen molar-refractivity contribution in [3.63, 3.8) is 0 Å². The minimum Gasteiger partial charge on any atom is -0.354 e. The fourth-order valence-electron chi connectivity index (χ4n) is 4.01.